The molecule has 1 aliphatic rings. The lowest BCUT2D eigenvalue weighted by molar-refractivity contribution is -0.172. The summed E-state index contributed by atoms with van der Waals surface area (Å²) in [5.41, 5.74) is -1.10. The Morgan fingerprint density at radius 3 is 2.00 bits per heavy atom. The molecule has 1 rings (SSSR count). The van der Waals surface area contributed by atoms with Gasteiger partial charge in [0.2, 0.25) is 0 Å². The van der Waals surface area contributed by atoms with Gasteiger partial charge in [0.1, 0.15) is 5.60 Å². The summed E-state index contributed by atoms with van der Waals surface area (Å²) in [6.07, 6.45) is 3.27. The Bertz CT molecular complexity index is 302. The molecule has 0 aliphatic heterocycles. The fourth-order valence-electron chi connectivity index (χ4n) is 2.40. The summed E-state index contributed by atoms with van der Waals surface area (Å²) in [5.74, 6) is -0.738. The molecule has 0 radical (unpaired) electrons. The van der Waals surface area contributed by atoms with Gasteiger partial charge in [0.05, 0.1) is 11.5 Å². The third kappa shape index (κ3) is 3.98. The highest BCUT2D eigenvalue weighted by molar-refractivity contribution is 5.74. The number of rotatable bonds is 2. The molecule has 0 spiro atoms. The molecule has 3 heteroatoms. The van der Waals surface area contributed by atoms with Crippen LogP contribution in [-0.4, -0.2) is 22.3 Å². The van der Waals surface area contributed by atoms with E-state index in [1.165, 1.54) is 0 Å². The summed E-state index contributed by atoms with van der Waals surface area (Å²) < 4.78 is 5.37. The first-order valence-electron chi connectivity index (χ1n) is 6.90. The van der Waals surface area contributed by atoms with E-state index in [0.29, 0.717) is 12.8 Å². The van der Waals surface area contributed by atoms with Crippen LogP contribution in [0.5, 0.6) is 0 Å². The third-order valence-electron chi connectivity index (χ3n) is 4.04. The van der Waals surface area contributed by atoms with E-state index in [2.05, 4.69) is 13.8 Å². The van der Waals surface area contributed by atoms with Crippen LogP contribution in [0.4, 0.5) is 0 Å². The summed E-state index contributed by atoms with van der Waals surface area (Å²) >= 11 is 0. The standard InChI is InChI=1S/C15H28O3/c1-11(12(16)18-13(2,3)4)15(17)9-7-14(5,6)8-10-15/h11,17H,7-10H2,1-6H3. The molecule has 1 unspecified atom stereocenters. The van der Waals surface area contributed by atoms with Crippen molar-refractivity contribution in [2.75, 3.05) is 0 Å². The maximum atomic E-state index is 12.0. The van der Waals surface area contributed by atoms with Gasteiger partial charge >= 0.3 is 5.97 Å². The Hall–Kier alpha value is -0.570. The van der Waals surface area contributed by atoms with Gasteiger partial charge in [-0.25, -0.2) is 0 Å². The third-order valence-corrected chi connectivity index (χ3v) is 4.04. The lowest BCUT2D eigenvalue weighted by Crippen LogP contribution is -2.47. The van der Waals surface area contributed by atoms with Crippen molar-refractivity contribution in [3.8, 4) is 0 Å². The predicted octanol–water partition coefficient (Wildman–Crippen LogP) is 3.30. The van der Waals surface area contributed by atoms with E-state index in [1.807, 2.05) is 20.8 Å². The van der Waals surface area contributed by atoms with Crippen LogP contribution >= 0.6 is 0 Å². The van der Waals surface area contributed by atoms with Gasteiger partial charge in [0.25, 0.3) is 0 Å². The van der Waals surface area contributed by atoms with Crippen molar-refractivity contribution in [2.24, 2.45) is 11.3 Å². The first-order valence-corrected chi connectivity index (χ1v) is 6.90. The molecule has 1 fully saturated rings. The quantitative estimate of drug-likeness (QED) is 0.771. The summed E-state index contributed by atoms with van der Waals surface area (Å²) in [6.45, 7) is 11.8. The molecule has 0 bridgehead atoms. The van der Waals surface area contributed by atoms with Crippen molar-refractivity contribution in [1.82, 2.24) is 0 Å². The maximum absolute atomic E-state index is 12.0. The van der Waals surface area contributed by atoms with Gasteiger partial charge < -0.3 is 9.84 Å². The largest absolute Gasteiger partial charge is 0.460 e. The van der Waals surface area contributed by atoms with Crippen LogP contribution in [-0.2, 0) is 9.53 Å². The Labute approximate surface area is 111 Å². The zero-order valence-electron chi connectivity index (χ0n) is 12.7. The summed E-state index contributed by atoms with van der Waals surface area (Å²) in [4.78, 5) is 12.0. The van der Waals surface area contributed by atoms with Crippen molar-refractivity contribution in [3.63, 3.8) is 0 Å². The molecule has 1 saturated carbocycles. The SMILES string of the molecule is CC(C(=O)OC(C)(C)C)C1(O)CCC(C)(C)CC1. The monoisotopic (exact) mass is 256 g/mol. The number of ether oxygens (including phenoxy) is 1. The number of carbonyl (C=O) groups is 1. The molecule has 106 valence electrons. The molecular formula is C15H28O3. The predicted molar refractivity (Wildman–Crippen MR) is 72.2 cm³/mol. The first-order chi connectivity index (χ1) is 7.95. The van der Waals surface area contributed by atoms with Crippen molar-refractivity contribution in [3.05, 3.63) is 0 Å². The maximum Gasteiger partial charge on any atom is 0.312 e. The molecule has 1 atom stereocenters. The average molecular weight is 256 g/mol. The van der Waals surface area contributed by atoms with Gasteiger partial charge in [-0.05, 0) is 58.8 Å². The van der Waals surface area contributed by atoms with Crippen LogP contribution in [0.2, 0.25) is 0 Å². The zero-order chi connectivity index (χ0) is 14.2. The van der Waals surface area contributed by atoms with Gasteiger partial charge in [-0.3, -0.25) is 4.79 Å². The molecule has 0 aromatic heterocycles. The average Bonchev–Trinajstić information content (AvgIpc) is 2.19. The number of esters is 1. The van der Waals surface area contributed by atoms with Crippen LogP contribution in [0, 0.1) is 11.3 Å². The van der Waals surface area contributed by atoms with E-state index in [4.69, 9.17) is 4.74 Å². The highest BCUT2D eigenvalue weighted by Crippen LogP contribution is 2.43. The molecule has 0 heterocycles. The van der Waals surface area contributed by atoms with Crippen LogP contribution in [0.15, 0.2) is 0 Å². The second-order valence-electron chi connectivity index (χ2n) is 7.52. The molecule has 0 aromatic rings. The van der Waals surface area contributed by atoms with Gasteiger partial charge in [0.15, 0.2) is 0 Å². The van der Waals surface area contributed by atoms with Crippen LogP contribution in [0.1, 0.15) is 67.2 Å². The zero-order valence-corrected chi connectivity index (χ0v) is 12.7. The van der Waals surface area contributed by atoms with E-state index < -0.39 is 17.1 Å². The van der Waals surface area contributed by atoms with Crippen molar-refractivity contribution < 1.29 is 14.6 Å². The highest BCUT2D eigenvalue weighted by atomic mass is 16.6. The van der Waals surface area contributed by atoms with Crippen LogP contribution < -0.4 is 0 Å². The van der Waals surface area contributed by atoms with Crippen LogP contribution in [0.3, 0.4) is 0 Å². The van der Waals surface area contributed by atoms with Gasteiger partial charge in [-0.1, -0.05) is 13.8 Å². The molecule has 0 aromatic carbocycles. The van der Waals surface area contributed by atoms with E-state index in [9.17, 15) is 9.90 Å². The van der Waals surface area contributed by atoms with Gasteiger partial charge in [-0.15, -0.1) is 0 Å². The Kier molecular flexibility index (Phi) is 4.16. The molecule has 0 amide bonds. The number of aliphatic hydroxyl groups is 1. The smallest absolute Gasteiger partial charge is 0.312 e. The van der Waals surface area contributed by atoms with Gasteiger partial charge in [0, 0.05) is 0 Å². The summed E-state index contributed by atoms with van der Waals surface area (Å²) in [7, 11) is 0. The van der Waals surface area contributed by atoms with E-state index in [-0.39, 0.29) is 11.4 Å². The fraction of sp³-hybridized carbons (Fsp3) is 0.933. The Balaban J connectivity index is 2.66. The molecule has 1 aliphatic carbocycles. The van der Waals surface area contributed by atoms with Gasteiger partial charge in [-0.2, -0.15) is 0 Å². The second kappa shape index (κ2) is 4.84. The first kappa shape index (κ1) is 15.5. The number of hydrogen-bond donors (Lipinski definition) is 1. The minimum Gasteiger partial charge on any atom is -0.460 e. The van der Waals surface area contributed by atoms with E-state index >= 15 is 0 Å². The van der Waals surface area contributed by atoms with E-state index in [1.54, 1.807) is 6.92 Å². The second-order valence-corrected chi connectivity index (χ2v) is 7.52. The van der Waals surface area contributed by atoms with Crippen LogP contribution in [0.25, 0.3) is 0 Å². The highest BCUT2D eigenvalue weighted by Gasteiger charge is 2.44. The number of hydrogen-bond acceptors (Lipinski definition) is 3. The normalized spacial score (nSPS) is 24.4. The summed E-state index contributed by atoms with van der Waals surface area (Å²) in [6, 6.07) is 0. The minimum atomic E-state index is -0.891. The molecule has 18 heavy (non-hydrogen) atoms. The molecule has 1 N–H and O–H groups in total. The minimum absolute atomic E-state index is 0.278. The van der Waals surface area contributed by atoms with E-state index in [0.717, 1.165) is 12.8 Å². The Morgan fingerprint density at radius 1 is 1.17 bits per heavy atom. The summed E-state index contributed by atoms with van der Waals surface area (Å²) in [5, 5.41) is 10.6. The lowest BCUT2D eigenvalue weighted by Gasteiger charge is -2.43. The fourth-order valence-corrected chi connectivity index (χ4v) is 2.40. The molecular weight excluding hydrogens is 228 g/mol. The molecule has 0 saturated heterocycles. The van der Waals surface area contributed by atoms with Crippen molar-refractivity contribution in [2.45, 2.75) is 78.4 Å². The lowest BCUT2D eigenvalue weighted by atomic mass is 9.67. The van der Waals surface area contributed by atoms with Crippen molar-refractivity contribution in [1.29, 1.82) is 0 Å². The topological polar surface area (TPSA) is 46.5 Å². The molecule has 3 nitrogen and oxygen atoms in total. The number of carbonyl (C=O) groups excluding carboxylic acids is 1. The van der Waals surface area contributed by atoms with Crippen molar-refractivity contribution >= 4 is 5.97 Å². The Morgan fingerprint density at radius 2 is 1.61 bits per heavy atom.